The van der Waals surface area contributed by atoms with E-state index in [9.17, 15) is 36.7 Å². The van der Waals surface area contributed by atoms with Crippen molar-refractivity contribution >= 4 is 23.6 Å². The lowest BCUT2D eigenvalue weighted by atomic mass is 10.1. The summed E-state index contributed by atoms with van der Waals surface area (Å²) in [5.74, 6) is -13.7. The van der Waals surface area contributed by atoms with Gasteiger partial charge in [0.25, 0.3) is 5.91 Å². The topological polar surface area (TPSA) is 148 Å². The molecule has 0 saturated heterocycles. The van der Waals surface area contributed by atoms with Crippen LogP contribution in [0.15, 0.2) is 47.0 Å². The molecule has 2 atom stereocenters. The number of hydrogen-bond donors (Lipinski definition) is 3. The number of rotatable bonds is 11. The number of carbonyl (C=O) groups excluding carboxylic acids is 3. The summed E-state index contributed by atoms with van der Waals surface area (Å²) in [5, 5.41) is 17.2. The molecule has 3 rings (SSSR count). The van der Waals surface area contributed by atoms with Gasteiger partial charge in [0.2, 0.25) is 23.3 Å². The second-order valence-electron chi connectivity index (χ2n) is 7.85. The van der Waals surface area contributed by atoms with Crippen molar-refractivity contribution in [2.45, 2.75) is 25.4 Å². The predicted molar refractivity (Wildman–Crippen MR) is 120 cm³/mol. The third kappa shape index (κ3) is 6.72. The van der Waals surface area contributed by atoms with Crippen molar-refractivity contribution < 1.29 is 51.1 Å². The highest BCUT2D eigenvalue weighted by atomic mass is 19.2. The molecule has 3 N–H and O–H groups in total. The van der Waals surface area contributed by atoms with Gasteiger partial charge in [-0.15, -0.1) is 0 Å². The molecular formula is C24H19F4N3O7. The van der Waals surface area contributed by atoms with Gasteiger partial charge < -0.3 is 25.0 Å². The van der Waals surface area contributed by atoms with Crippen LogP contribution in [0, 0.1) is 23.3 Å². The van der Waals surface area contributed by atoms with Crippen LogP contribution in [0.3, 0.4) is 0 Å². The van der Waals surface area contributed by atoms with E-state index < -0.39 is 77.7 Å². The lowest BCUT2D eigenvalue weighted by Crippen LogP contribution is -2.51. The highest BCUT2D eigenvalue weighted by molar-refractivity contribution is 5.98. The molecule has 14 heteroatoms. The Labute approximate surface area is 211 Å². The Morgan fingerprint density at radius 2 is 1.63 bits per heavy atom. The molecule has 0 saturated carbocycles. The molecule has 0 bridgehead atoms. The van der Waals surface area contributed by atoms with Gasteiger partial charge in [-0.3, -0.25) is 19.2 Å². The second kappa shape index (κ2) is 12.0. The fraction of sp³-hybridized carbons (Fsp3) is 0.208. The molecule has 38 heavy (non-hydrogen) atoms. The van der Waals surface area contributed by atoms with E-state index in [2.05, 4.69) is 20.5 Å². The van der Waals surface area contributed by atoms with Crippen LogP contribution in [-0.2, 0) is 14.4 Å². The molecule has 2 amide bonds. The van der Waals surface area contributed by atoms with E-state index in [1.807, 2.05) is 0 Å². The number of halogens is 4. The SMILES string of the molecule is C[C@H](NC(=O)c1cc(-c2ccccc2)no1)C(=O)N[C@@H](CC(=O)O)C(=O)COc1c(F)c(F)cc(F)c1F. The first kappa shape index (κ1) is 27.8. The van der Waals surface area contributed by atoms with Crippen molar-refractivity contribution in [2.75, 3.05) is 6.61 Å². The summed E-state index contributed by atoms with van der Waals surface area (Å²) in [6, 6.07) is 6.91. The number of benzene rings is 2. The molecule has 0 aliphatic rings. The monoisotopic (exact) mass is 537 g/mol. The molecule has 0 unspecified atom stereocenters. The Hall–Kier alpha value is -4.75. The lowest BCUT2D eigenvalue weighted by molar-refractivity contribution is -0.140. The summed E-state index contributed by atoms with van der Waals surface area (Å²) in [5.41, 5.74) is 1.02. The molecule has 0 radical (unpaired) electrons. The summed E-state index contributed by atoms with van der Waals surface area (Å²) in [4.78, 5) is 48.6. The molecule has 3 aromatic rings. The molecule has 0 aliphatic carbocycles. The van der Waals surface area contributed by atoms with E-state index in [0.29, 0.717) is 11.3 Å². The third-order valence-electron chi connectivity index (χ3n) is 5.06. The van der Waals surface area contributed by atoms with E-state index in [-0.39, 0.29) is 11.8 Å². The molecule has 0 fully saturated rings. The third-order valence-corrected chi connectivity index (χ3v) is 5.06. The van der Waals surface area contributed by atoms with E-state index in [4.69, 9.17) is 9.63 Å². The Bertz CT molecular complexity index is 1340. The fourth-order valence-corrected chi connectivity index (χ4v) is 3.10. The van der Waals surface area contributed by atoms with Gasteiger partial charge in [-0.05, 0) is 6.92 Å². The number of aromatic nitrogens is 1. The number of carbonyl (C=O) groups is 4. The minimum atomic E-state index is -1.91. The second-order valence-corrected chi connectivity index (χ2v) is 7.85. The maximum atomic E-state index is 13.7. The highest BCUT2D eigenvalue weighted by Crippen LogP contribution is 2.26. The van der Waals surface area contributed by atoms with Gasteiger partial charge >= 0.3 is 5.97 Å². The summed E-state index contributed by atoms with van der Waals surface area (Å²) < 4.78 is 63.7. The van der Waals surface area contributed by atoms with Crippen molar-refractivity contribution in [2.24, 2.45) is 0 Å². The minimum absolute atomic E-state index is 0.0657. The number of nitrogens with zero attached hydrogens (tertiary/aromatic N) is 1. The average Bonchev–Trinajstić information content (AvgIpc) is 3.38. The molecule has 1 heterocycles. The number of nitrogens with one attached hydrogen (secondary N) is 2. The first-order valence-electron chi connectivity index (χ1n) is 10.8. The van der Waals surface area contributed by atoms with Gasteiger partial charge in [0.05, 0.1) is 6.42 Å². The minimum Gasteiger partial charge on any atom is -0.481 e. The van der Waals surface area contributed by atoms with Gasteiger partial charge in [-0.25, -0.2) is 8.78 Å². The number of ether oxygens (including phenoxy) is 1. The van der Waals surface area contributed by atoms with Crippen LogP contribution in [0.2, 0.25) is 0 Å². The zero-order chi connectivity index (χ0) is 28.0. The molecule has 200 valence electrons. The predicted octanol–water partition coefficient (Wildman–Crippen LogP) is 2.62. The van der Waals surface area contributed by atoms with Crippen molar-refractivity contribution in [3.63, 3.8) is 0 Å². The number of carboxylic acid groups (broad SMARTS) is 1. The van der Waals surface area contributed by atoms with E-state index in [0.717, 1.165) is 0 Å². The van der Waals surface area contributed by atoms with Crippen LogP contribution >= 0.6 is 0 Å². The van der Waals surface area contributed by atoms with Gasteiger partial charge in [0.15, 0.2) is 23.2 Å². The normalized spacial score (nSPS) is 12.3. The first-order valence-corrected chi connectivity index (χ1v) is 10.8. The van der Waals surface area contributed by atoms with Crippen molar-refractivity contribution in [1.29, 1.82) is 0 Å². The van der Waals surface area contributed by atoms with Crippen molar-refractivity contribution in [3.8, 4) is 17.0 Å². The lowest BCUT2D eigenvalue weighted by Gasteiger charge is -2.19. The van der Waals surface area contributed by atoms with Gasteiger partial charge in [0.1, 0.15) is 24.4 Å². The van der Waals surface area contributed by atoms with Crippen molar-refractivity contribution in [1.82, 2.24) is 15.8 Å². The molecule has 0 aliphatic heterocycles. The number of Topliss-reactive ketones (excluding diaryl/α,β-unsaturated/α-hetero) is 1. The van der Waals surface area contributed by atoms with Crippen LogP contribution < -0.4 is 15.4 Å². The van der Waals surface area contributed by atoms with Crippen LogP contribution in [0.4, 0.5) is 17.6 Å². The van der Waals surface area contributed by atoms with Gasteiger partial charge in [0, 0.05) is 17.7 Å². The number of amides is 2. The van der Waals surface area contributed by atoms with E-state index in [1.165, 1.54) is 13.0 Å². The number of ketones is 1. The van der Waals surface area contributed by atoms with Crippen LogP contribution in [0.5, 0.6) is 5.75 Å². The molecular weight excluding hydrogens is 518 g/mol. The summed E-state index contributed by atoms with van der Waals surface area (Å²) >= 11 is 0. The van der Waals surface area contributed by atoms with Crippen LogP contribution in [0.25, 0.3) is 11.3 Å². The Kier molecular flexibility index (Phi) is 8.78. The van der Waals surface area contributed by atoms with E-state index in [1.54, 1.807) is 30.3 Å². The van der Waals surface area contributed by atoms with Gasteiger partial charge in [-0.2, -0.15) is 8.78 Å². The highest BCUT2D eigenvalue weighted by Gasteiger charge is 2.29. The van der Waals surface area contributed by atoms with Gasteiger partial charge in [-0.1, -0.05) is 35.5 Å². The fourth-order valence-electron chi connectivity index (χ4n) is 3.10. The average molecular weight is 537 g/mol. The smallest absolute Gasteiger partial charge is 0.305 e. The van der Waals surface area contributed by atoms with E-state index >= 15 is 0 Å². The zero-order valence-corrected chi connectivity index (χ0v) is 19.5. The molecule has 1 aromatic heterocycles. The Morgan fingerprint density at radius 1 is 1.00 bits per heavy atom. The maximum absolute atomic E-state index is 13.7. The summed E-state index contributed by atoms with van der Waals surface area (Å²) in [6.45, 7) is -0.0170. The summed E-state index contributed by atoms with van der Waals surface area (Å²) in [7, 11) is 0. The largest absolute Gasteiger partial charge is 0.481 e. The quantitative estimate of drug-likeness (QED) is 0.250. The van der Waals surface area contributed by atoms with Crippen LogP contribution in [-0.4, -0.2) is 52.5 Å². The van der Waals surface area contributed by atoms with Crippen LogP contribution in [0.1, 0.15) is 23.9 Å². The number of hydrogen-bond acceptors (Lipinski definition) is 7. The standard InChI is InChI=1S/C24H19F4N3O7/c1-11(29-24(36)18-8-15(31-38-18)12-5-3-2-4-6-12)23(35)30-16(9-19(33)34)17(32)10-37-22-20(27)13(25)7-14(26)21(22)28/h2-8,11,16H,9-10H2,1H3,(H,29,36)(H,30,35)(H,33,34)/t11-,16-/m0/s1. The Balaban J connectivity index is 1.63. The maximum Gasteiger partial charge on any atom is 0.305 e. The summed E-state index contributed by atoms with van der Waals surface area (Å²) in [6.07, 6.45) is -0.973. The molecule has 10 nitrogen and oxygen atoms in total. The van der Waals surface area contributed by atoms with Crippen molar-refractivity contribution in [3.05, 3.63) is 71.5 Å². The number of carboxylic acids is 1. The number of aliphatic carboxylic acids is 1. The molecule has 2 aromatic carbocycles. The Morgan fingerprint density at radius 3 is 2.24 bits per heavy atom. The zero-order valence-electron chi connectivity index (χ0n) is 19.5. The first-order chi connectivity index (χ1) is 18.0. The molecule has 0 spiro atoms.